The van der Waals surface area contributed by atoms with Crippen LogP contribution in [-0.4, -0.2) is 43.5 Å². The van der Waals surface area contributed by atoms with Crippen LogP contribution in [0.4, 0.5) is 4.79 Å². The number of nitrogens with one attached hydrogen (secondary N) is 1. The maximum Gasteiger partial charge on any atom is 0.434 e. The van der Waals surface area contributed by atoms with Gasteiger partial charge in [0.25, 0.3) is 0 Å². The largest absolute Gasteiger partial charge is 0.442 e. The van der Waals surface area contributed by atoms with E-state index < -0.39 is 11.7 Å². The topological polar surface area (TPSA) is 50.8 Å². The molecule has 0 bridgehead atoms. The van der Waals surface area contributed by atoms with E-state index in [2.05, 4.69) is 5.32 Å². The third kappa shape index (κ3) is 5.89. The molecule has 1 aliphatic rings. The fraction of sp³-hybridized carbons (Fsp3) is 0.917. The zero-order chi connectivity index (χ0) is 12.9. The number of carbonyl (C=O) groups is 1. The number of hydrogen-bond acceptors (Lipinski definition) is 4. The summed E-state index contributed by atoms with van der Waals surface area (Å²) in [6.07, 6.45) is 1.88. The van der Waals surface area contributed by atoms with Crippen molar-refractivity contribution in [1.82, 2.24) is 10.4 Å². The standard InChI is InChI=1S/C12H24N2O3/c1-12(2,3)17-11(15)14(4)16-9-10-6-5-7-13-8-10/h10,13H,5-9H2,1-4H3. The molecule has 0 aliphatic carbocycles. The highest BCUT2D eigenvalue weighted by atomic mass is 16.7. The first-order valence-corrected chi connectivity index (χ1v) is 6.19. The van der Waals surface area contributed by atoms with Crippen molar-refractivity contribution in [3.63, 3.8) is 0 Å². The van der Waals surface area contributed by atoms with Crippen LogP contribution in [0.1, 0.15) is 33.6 Å². The molecule has 0 aromatic carbocycles. The number of hydrogen-bond donors (Lipinski definition) is 1. The van der Waals surface area contributed by atoms with Crippen molar-refractivity contribution in [2.24, 2.45) is 5.92 Å². The Labute approximate surface area is 103 Å². The summed E-state index contributed by atoms with van der Waals surface area (Å²) >= 11 is 0. The monoisotopic (exact) mass is 244 g/mol. The summed E-state index contributed by atoms with van der Waals surface area (Å²) in [5.74, 6) is 0.480. The van der Waals surface area contributed by atoms with Gasteiger partial charge in [0.1, 0.15) is 5.60 Å². The van der Waals surface area contributed by atoms with E-state index in [4.69, 9.17) is 9.57 Å². The van der Waals surface area contributed by atoms with Crippen molar-refractivity contribution in [2.45, 2.75) is 39.2 Å². The molecule has 0 aromatic heterocycles. The maximum atomic E-state index is 11.6. The predicted molar refractivity (Wildman–Crippen MR) is 65.5 cm³/mol. The molecule has 1 heterocycles. The molecule has 1 aliphatic heterocycles. The lowest BCUT2D eigenvalue weighted by atomic mass is 10.0. The fourth-order valence-electron chi connectivity index (χ4n) is 1.66. The van der Waals surface area contributed by atoms with Crippen molar-refractivity contribution >= 4 is 6.09 Å². The number of amides is 1. The van der Waals surface area contributed by atoms with E-state index in [1.165, 1.54) is 11.5 Å². The summed E-state index contributed by atoms with van der Waals surface area (Å²) in [5.41, 5.74) is -0.485. The normalized spacial score (nSPS) is 21.1. The molecule has 5 nitrogen and oxygen atoms in total. The Kier molecular flexibility index (Phi) is 5.21. The molecule has 1 amide bonds. The number of rotatable bonds is 3. The van der Waals surface area contributed by atoms with Gasteiger partial charge in [0.2, 0.25) is 0 Å². The van der Waals surface area contributed by atoms with Crippen LogP contribution in [0, 0.1) is 5.92 Å². The third-order valence-electron chi connectivity index (χ3n) is 2.55. The van der Waals surface area contributed by atoms with Gasteiger partial charge in [-0.15, -0.1) is 0 Å². The Morgan fingerprint density at radius 3 is 2.71 bits per heavy atom. The van der Waals surface area contributed by atoms with Gasteiger partial charge in [0, 0.05) is 13.6 Å². The van der Waals surface area contributed by atoms with Gasteiger partial charge in [-0.25, -0.2) is 4.79 Å². The zero-order valence-electron chi connectivity index (χ0n) is 11.3. The van der Waals surface area contributed by atoms with Crippen molar-refractivity contribution in [3.8, 4) is 0 Å². The average Bonchev–Trinajstić information content (AvgIpc) is 2.25. The number of hydroxylamine groups is 2. The van der Waals surface area contributed by atoms with E-state index in [0.717, 1.165) is 19.5 Å². The van der Waals surface area contributed by atoms with Gasteiger partial charge in [-0.1, -0.05) is 0 Å². The minimum Gasteiger partial charge on any atom is -0.442 e. The summed E-state index contributed by atoms with van der Waals surface area (Å²) in [7, 11) is 1.59. The summed E-state index contributed by atoms with van der Waals surface area (Å²) in [5, 5.41) is 4.49. The van der Waals surface area contributed by atoms with Crippen LogP contribution in [0.15, 0.2) is 0 Å². The van der Waals surface area contributed by atoms with Gasteiger partial charge in [0.15, 0.2) is 0 Å². The van der Waals surface area contributed by atoms with E-state index in [9.17, 15) is 4.79 Å². The highest BCUT2D eigenvalue weighted by Gasteiger charge is 2.21. The average molecular weight is 244 g/mol. The van der Waals surface area contributed by atoms with Crippen LogP contribution >= 0.6 is 0 Å². The van der Waals surface area contributed by atoms with Crippen LogP contribution in [0.3, 0.4) is 0 Å². The van der Waals surface area contributed by atoms with Gasteiger partial charge in [0.05, 0.1) is 6.61 Å². The van der Waals surface area contributed by atoms with Gasteiger partial charge >= 0.3 is 6.09 Å². The molecule has 1 unspecified atom stereocenters. The van der Waals surface area contributed by atoms with Crippen LogP contribution < -0.4 is 5.32 Å². The lowest BCUT2D eigenvalue weighted by Crippen LogP contribution is -2.38. The minimum atomic E-state index is -0.485. The molecule has 0 spiro atoms. The lowest BCUT2D eigenvalue weighted by Gasteiger charge is -2.27. The van der Waals surface area contributed by atoms with Crippen LogP contribution in [0.5, 0.6) is 0 Å². The van der Waals surface area contributed by atoms with Gasteiger partial charge in [-0.2, -0.15) is 5.06 Å². The summed E-state index contributed by atoms with van der Waals surface area (Å²) in [4.78, 5) is 17.0. The second kappa shape index (κ2) is 6.21. The van der Waals surface area contributed by atoms with Gasteiger partial charge in [-0.3, -0.25) is 4.84 Å². The van der Waals surface area contributed by atoms with Gasteiger partial charge < -0.3 is 10.1 Å². The van der Waals surface area contributed by atoms with Crippen molar-refractivity contribution in [3.05, 3.63) is 0 Å². The van der Waals surface area contributed by atoms with Crippen molar-refractivity contribution in [1.29, 1.82) is 0 Å². The number of piperidine rings is 1. The molecular formula is C12H24N2O3. The summed E-state index contributed by atoms with van der Waals surface area (Å²) < 4.78 is 5.19. The first-order chi connectivity index (χ1) is 7.88. The first kappa shape index (κ1) is 14.3. The molecule has 0 saturated carbocycles. The second-order valence-corrected chi connectivity index (χ2v) is 5.49. The molecule has 1 fully saturated rings. The molecule has 1 N–H and O–H groups in total. The smallest absolute Gasteiger partial charge is 0.434 e. The van der Waals surface area contributed by atoms with E-state index in [1.54, 1.807) is 7.05 Å². The summed E-state index contributed by atoms with van der Waals surface area (Å²) in [6, 6.07) is 0. The Hall–Kier alpha value is -0.810. The second-order valence-electron chi connectivity index (χ2n) is 5.49. The maximum absolute atomic E-state index is 11.6. The number of nitrogens with zero attached hydrogens (tertiary/aromatic N) is 1. The van der Waals surface area contributed by atoms with Crippen LogP contribution in [0.2, 0.25) is 0 Å². The molecular weight excluding hydrogens is 220 g/mol. The molecule has 1 atom stereocenters. The minimum absolute atomic E-state index is 0.443. The molecule has 0 aromatic rings. The SMILES string of the molecule is CN(OCC1CCCNC1)C(=O)OC(C)(C)C. The number of ether oxygens (including phenoxy) is 1. The van der Waals surface area contributed by atoms with Crippen LogP contribution in [0.25, 0.3) is 0 Å². The summed E-state index contributed by atoms with van der Waals surface area (Å²) in [6.45, 7) is 8.11. The van der Waals surface area contributed by atoms with E-state index in [-0.39, 0.29) is 0 Å². The number of carbonyl (C=O) groups excluding carboxylic acids is 1. The Balaban J connectivity index is 2.23. The van der Waals surface area contributed by atoms with Crippen molar-refractivity contribution < 1.29 is 14.4 Å². The Morgan fingerprint density at radius 1 is 1.47 bits per heavy atom. The third-order valence-corrected chi connectivity index (χ3v) is 2.55. The van der Waals surface area contributed by atoms with Crippen LogP contribution in [-0.2, 0) is 9.57 Å². The highest BCUT2D eigenvalue weighted by molar-refractivity contribution is 5.66. The quantitative estimate of drug-likeness (QED) is 0.769. The van der Waals surface area contributed by atoms with Gasteiger partial charge in [-0.05, 0) is 46.1 Å². The van der Waals surface area contributed by atoms with E-state index in [1.807, 2.05) is 20.8 Å². The molecule has 0 radical (unpaired) electrons. The molecule has 5 heteroatoms. The molecule has 100 valence electrons. The molecule has 17 heavy (non-hydrogen) atoms. The van der Waals surface area contributed by atoms with E-state index >= 15 is 0 Å². The first-order valence-electron chi connectivity index (χ1n) is 6.19. The zero-order valence-corrected chi connectivity index (χ0v) is 11.3. The predicted octanol–water partition coefficient (Wildman–Crippen LogP) is 1.78. The fourth-order valence-corrected chi connectivity index (χ4v) is 1.66. The van der Waals surface area contributed by atoms with E-state index in [0.29, 0.717) is 12.5 Å². The Morgan fingerprint density at radius 2 is 2.18 bits per heavy atom. The Bertz CT molecular complexity index is 245. The molecule has 1 rings (SSSR count). The lowest BCUT2D eigenvalue weighted by molar-refractivity contribution is -0.142. The highest BCUT2D eigenvalue weighted by Crippen LogP contribution is 2.12. The molecule has 1 saturated heterocycles. The van der Waals surface area contributed by atoms with Crippen molar-refractivity contribution in [2.75, 3.05) is 26.7 Å².